The molecule has 44 heavy (non-hydrogen) atoms. The highest BCUT2D eigenvalue weighted by atomic mass is 33.1. The van der Waals surface area contributed by atoms with E-state index in [-0.39, 0.29) is 0 Å². The molecule has 6 heteroatoms. The van der Waals surface area contributed by atoms with E-state index in [9.17, 15) is 0 Å². The number of hydrogen-bond donors (Lipinski definition) is 0. The lowest BCUT2D eigenvalue weighted by molar-refractivity contribution is -0.692. The molecule has 2 saturated heterocycles. The minimum Gasteiger partial charge on any atom is -0.372 e. The van der Waals surface area contributed by atoms with Gasteiger partial charge in [0.25, 0.3) is 0 Å². The summed E-state index contributed by atoms with van der Waals surface area (Å²) in [6.07, 6.45) is 24.0. The van der Waals surface area contributed by atoms with E-state index in [2.05, 4.69) is 123 Å². The number of rotatable bonds is 15. The Morgan fingerprint density at radius 1 is 0.705 bits per heavy atom. The Balaban J connectivity index is 0.945. The van der Waals surface area contributed by atoms with Crippen molar-refractivity contribution in [3.63, 3.8) is 0 Å². The molecule has 0 aliphatic carbocycles. The predicted molar refractivity (Wildman–Crippen MR) is 197 cm³/mol. The van der Waals surface area contributed by atoms with Gasteiger partial charge in [0.05, 0.1) is 5.75 Å². The molecule has 2 aliphatic heterocycles. The molecule has 2 aromatic carbocycles. The summed E-state index contributed by atoms with van der Waals surface area (Å²) in [5.74, 6) is 2.08. The fourth-order valence-electron chi connectivity index (χ4n) is 5.41. The van der Waals surface area contributed by atoms with Crippen molar-refractivity contribution in [2.75, 3.05) is 54.0 Å². The molecule has 0 N–H and O–H groups in total. The van der Waals surface area contributed by atoms with Crippen LogP contribution in [0.4, 0.5) is 11.4 Å². The Morgan fingerprint density at radius 2 is 1.23 bits per heavy atom. The van der Waals surface area contributed by atoms with Crippen LogP contribution in [0.5, 0.6) is 0 Å². The lowest BCUT2D eigenvalue weighted by atomic mass is 10.1. The summed E-state index contributed by atoms with van der Waals surface area (Å²) in [5.41, 5.74) is 7.40. The van der Waals surface area contributed by atoms with Gasteiger partial charge in [-0.2, -0.15) is 0 Å². The van der Waals surface area contributed by atoms with Crippen molar-refractivity contribution in [3.8, 4) is 0 Å². The van der Waals surface area contributed by atoms with Gasteiger partial charge in [-0.15, -0.1) is 0 Å². The highest BCUT2D eigenvalue weighted by Gasteiger charge is 2.12. The number of hydrogen-bond acceptors (Lipinski definition) is 5. The molecule has 0 spiro atoms. The number of benzene rings is 2. The summed E-state index contributed by atoms with van der Waals surface area (Å²) in [6, 6.07) is 22.1. The molecule has 4 nitrogen and oxygen atoms in total. The quantitative estimate of drug-likeness (QED) is 0.0557. The first-order valence-corrected chi connectivity index (χ1v) is 18.4. The number of aryl methyl sites for hydroxylation is 1. The zero-order chi connectivity index (χ0) is 30.2. The summed E-state index contributed by atoms with van der Waals surface area (Å²) in [4.78, 5) is 9.49. The highest BCUT2D eigenvalue weighted by molar-refractivity contribution is 8.76. The SMILES string of the molecule is C=CC(C=Cc1ccc(N2CCCC2)cc1)=CC=NCCSSCC[n+]1ccc(C=Cc2ccc(N3CCCC3)cc2)cc1. The predicted octanol–water partition coefficient (Wildman–Crippen LogP) is 8.62. The third kappa shape index (κ3) is 10.3. The van der Waals surface area contributed by atoms with E-state index in [4.69, 9.17) is 0 Å². The Kier molecular flexibility index (Phi) is 12.9. The van der Waals surface area contributed by atoms with Crippen LogP contribution < -0.4 is 14.4 Å². The summed E-state index contributed by atoms with van der Waals surface area (Å²) >= 11 is 0. The van der Waals surface area contributed by atoms with Crippen LogP contribution in [0.3, 0.4) is 0 Å². The maximum absolute atomic E-state index is 4.56. The number of nitrogens with zero attached hydrogens (tertiary/aromatic N) is 4. The molecule has 2 aliphatic rings. The van der Waals surface area contributed by atoms with Gasteiger partial charge in [0.15, 0.2) is 18.9 Å². The molecule has 3 heterocycles. The van der Waals surface area contributed by atoms with Crippen LogP contribution in [0.15, 0.2) is 108 Å². The van der Waals surface area contributed by atoms with Gasteiger partial charge in [0.1, 0.15) is 0 Å². The molecule has 228 valence electrons. The van der Waals surface area contributed by atoms with Crippen LogP contribution in [0.2, 0.25) is 0 Å². The monoisotopic (exact) mass is 621 g/mol. The van der Waals surface area contributed by atoms with Gasteiger partial charge >= 0.3 is 0 Å². The number of allylic oxidation sites excluding steroid dienone is 4. The van der Waals surface area contributed by atoms with Gasteiger partial charge in [-0.1, -0.05) is 82.8 Å². The number of anilines is 2. The van der Waals surface area contributed by atoms with Gasteiger partial charge in [0, 0.05) is 68.2 Å². The molecule has 0 bridgehead atoms. The second-order valence-electron chi connectivity index (χ2n) is 11.2. The van der Waals surface area contributed by atoms with E-state index in [1.54, 1.807) is 0 Å². The van der Waals surface area contributed by atoms with Gasteiger partial charge in [-0.05, 0) is 78.3 Å². The molecule has 0 atom stereocenters. The Hall–Kier alpha value is -3.48. The van der Waals surface area contributed by atoms with Crippen LogP contribution in [0, 0.1) is 0 Å². The summed E-state index contributed by atoms with van der Waals surface area (Å²) in [7, 11) is 3.80. The number of aromatic nitrogens is 1. The van der Waals surface area contributed by atoms with E-state index >= 15 is 0 Å². The highest BCUT2D eigenvalue weighted by Crippen LogP contribution is 2.23. The lowest BCUT2D eigenvalue weighted by Crippen LogP contribution is -2.33. The molecule has 0 saturated carbocycles. The van der Waals surface area contributed by atoms with E-state index in [0.717, 1.165) is 30.2 Å². The Morgan fingerprint density at radius 3 is 1.80 bits per heavy atom. The molecule has 1 aromatic heterocycles. The molecule has 0 radical (unpaired) electrons. The maximum Gasteiger partial charge on any atom is 0.169 e. The lowest BCUT2D eigenvalue weighted by Gasteiger charge is -2.17. The average molecular weight is 622 g/mol. The van der Waals surface area contributed by atoms with Crippen molar-refractivity contribution < 1.29 is 4.57 Å². The fraction of sp³-hybridized carbons (Fsp3) is 0.316. The largest absolute Gasteiger partial charge is 0.372 e. The second kappa shape index (κ2) is 17.7. The van der Waals surface area contributed by atoms with E-state index in [1.165, 1.54) is 79.9 Å². The second-order valence-corrected chi connectivity index (χ2v) is 13.9. The summed E-state index contributed by atoms with van der Waals surface area (Å²) in [6.45, 7) is 10.5. The topological polar surface area (TPSA) is 22.7 Å². The molecular weight excluding hydrogens is 577 g/mol. The molecular formula is C38H45N4S2+. The van der Waals surface area contributed by atoms with E-state index < -0.39 is 0 Å². The number of pyridine rings is 1. The van der Waals surface area contributed by atoms with Crippen molar-refractivity contribution in [3.05, 3.63) is 120 Å². The van der Waals surface area contributed by atoms with E-state index in [0.29, 0.717) is 0 Å². The normalized spacial score (nSPS) is 15.9. The van der Waals surface area contributed by atoms with Crippen molar-refractivity contribution >= 4 is 57.4 Å². The van der Waals surface area contributed by atoms with Gasteiger partial charge < -0.3 is 9.80 Å². The minimum atomic E-state index is 0.815. The van der Waals surface area contributed by atoms with Gasteiger partial charge in [-0.3, -0.25) is 4.99 Å². The first kappa shape index (κ1) is 31.9. The van der Waals surface area contributed by atoms with E-state index in [1.807, 2.05) is 40.0 Å². The smallest absolute Gasteiger partial charge is 0.169 e. The van der Waals surface area contributed by atoms with Crippen molar-refractivity contribution in [2.45, 2.75) is 32.2 Å². The van der Waals surface area contributed by atoms with Gasteiger partial charge in [-0.25, -0.2) is 4.57 Å². The van der Waals surface area contributed by atoms with Crippen LogP contribution in [-0.4, -0.2) is 50.4 Å². The molecule has 5 rings (SSSR count). The molecule has 3 aromatic rings. The fourth-order valence-corrected chi connectivity index (χ4v) is 7.27. The molecule has 2 fully saturated rings. The van der Waals surface area contributed by atoms with Crippen molar-refractivity contribution in [1.82, 2.24) is 0 Å². The zero-order valence-corrected chi connectivity index (χ0v) is 27.4. The Labute approximate surface area is 272 Å². The molecule has 0 amide bonds. The summed E-state index contributed by atoms with van der Waals surface area (Å²) in [5, 5.41) is 0. The first-order valence-electron chi connectivity index (χ1n) is 15.9. The number of aliphatic imine (C=N–C) groups is 1. The van der Waals surface area contributed by atoms with Crippen molar-refractivity contribution in [1.29, 1.82) is 0 Å². The summed E-state index contributed by atoms with van der Waals surface area (Å²) < 4.78 is 2.25. The maximum atomic E-state index is 4.56. The minimum absolute atomic E-state index is 0.815. The zero-order valence-electron chi connectivity index (χ0n) is 25.8. The van der Waals surface area contributed by atoms with Crippen LogP contribution in [0.1, 0.15) is 42.4 Å². The van der Waals surface area contributed by atoms with Crippen LogP contribution in [0.25, 0.3) is 18.2 Å². The third-order valence-electron chi connectivity index (χ3n) is 8.01. The standard InChI is InChI=1S/C38H45N4S2/c1-2-33(7-8-34-11-15-37(16-12-34)41-24-3-4-25-41)19-22-39-23-31-43-44-32-30-40-28-20-36(21-29-40)10-9-35-13-17-38(18-14-35)42-26-5-6-27-42/h2,7-22,28-29H,1,3-6,23-27,30-32H2/q+1. The van der Waals surface area contributed by atoms with Gasteiger partial charge in [0.2, 0.25) is 0 Å². The third-order valence-corrected chi connectivity index (χ3v) is 10.4. The van der Waals surface area contributed by atoms with Crippen LogP contribution in [-0.2, 0) is 6.54 Å². The molecule has 0 unspecified atom stereocenters. The first-order chi connectivity index (χ1) is 21.8. The average Bonchev–Trinajstić information content (AvgIpc) is 3.81. The van der Waals surface area contributed by atoms with Crippen LogP contribution >= 0.6 is 21.6 Å². The van der Waals surface area contributed by atoms with Crippen molar-refractivity contribution in [2.24, 2.45) is 4.99 Å². The Bertz CT molecular complexity index is 1410.